The molecule has 5 rings (SSSR count). The van der Waals surface area contributed by atoms with Gasteiger partial charge in [-0.2, -0.15) is 4.31 Å². The average Bonchev–Trinajstić information content (AvgIpc) is 3.34. The number of nitrogens with one attached hydrogen (secondary N) is 1. The molecule has 198 valence electrons. The molecular weight excluding hydrogens is 545 g/mol. The Morgan fingerprint density at radius 2 is 1.68 bits per heavy atom. The second kappa shape index (κ2) is 11.6. The number of imidazole rings is 1. The van der Waals surface area contributed by atoms with E-state index in [1.165, 1.54) is 4.31 Å². The Kier molecular flexibility index (Phi) is 8.42. The Morgan fingerprint density at radius 1 is 1.00 bits per heavy atom. The first-order valence-electron chi connectivity index (χ1n) is 11.8. The standard InChI is InChI=1S/C27H26ClN5O3S.ClH/c28-24-10-9-22-16-19(3-4-23(22)17-24)2-1-15-37(35,36)33-13-11-32(12-14-33)26(34)21-7-5-20(6-8-21)25-18-30-27(29)31-25;/h1-10,16-18H,11-15H2,(H3,29,30,31);1H. The molecule has 0 saturated carbocycles. The van der Waals surface area contributed by atoms with Crippen LogP contribution in [0, 0.1) is 0 Å². The van der Waals surface area contributed by atoms with E-state index in [1.807, 2.05) is 54.6 Å². The fourth-order valence-corrected chi connectivity index (χ4v) is 5.82. The van der Waals surface area contributed by atoms with E-state index in [0.717, 1.165) is 21.9 Å². The number of hydrogen-bond donors (Lipinski definition) is 2. The molecule has 38 heavy (non-hydrogen) atoms. The van der Waals surface area contributed by atoms with E-state index in [2.05, 4.69) is 9.97 Å². The number of aromatic nitrogens is 2. The van der Waals surface area contributed by atoms with Crippen LogP contribution in [0.5, 0.6) is 0 Å². The highest BCUT2D eigenvalue weighted by atomic mass is 35.5. The Hall–Kier alpha value is -3.37. The number of aromatic amines is 1. The number of nitrogens with zero attached hydrogens (tertiary/aromatic N) is 3. The van der Waals surface area contributed by atoms with Gasteiger partial charge in [-0.1, -0.05) is 54.1 Å². The Labute approximate surface area is 232 Å². The quantitative estimate of drug-likeness (QED) is 0.348. The van der Waals surface area contributed by atoms with Crippen LogP contribution in [0.3, 0.4) is 0 Å². The minimum atomic E-state index is -3.48. The monoisotopic (exact) mass is 571 g/mol. The minimum Gasteiger partial charge on any atom is -0.369 e. The number of nitrogen functional groups attached to an aromatic ring is 1. The number of carbonyl (C=O) groups excluding carboxylic acids is 1. The molecule has 0 radical (unpaired) electrons. The first-order valence-corrected chi connectivity index (χ1v) is 13.8. The van der Waals surface area contributed by atoms with Crippen LogP contribution in [0.25, 0.3) is 28.1 Å². The summed E-state index contributed by atoms with van der Waals surface area (Å²) in [6, 6.07) is 18.7. The number of rotatable bonds is 6. The van der Waals surface area contributed by atoms with Gasteiger partial charge in [-0.05, 0) is 46.7 Å². The molecule has 1 amide bonds. The molecule has 11 heteroatoms. The van der Waals surface area contributed by atoms with Gasteiger partial charge in [0.1, 0.15) is 0 Å². The summed E-state index contributed by atoms with van der Waals surface area (Å²) in [5, 5.41) is 2.75. The zero-order valence-corrected chi connectivity index (χ0v) is 22.8. The van der Waals surface area contributed by atoms with Gasteiger partial charge in [0.25, 0.3) is 5.91 Å². The lowest BCUT2D eigenvalue weighted by Crippen LogP contribution is -2.50. The van der Waals surface area contributed by atoms with E-state index < -0.39 is 10.0 Å². The van der Waals surface area contributed by atoms with Gasteiger partial charge < -0.3 is 15.6 Å². The van der Waals surface area contributed by atoms with Crippen molar-refractivity contribution in [1.29, 1.82) is 0 Å². The lowest BCUT2D eigenvalue weighted by Gasteiger charge is -2.33. The number of benzene rings is 3. The Balaban J connectivity index is 0.00000336. The van der Waals surface area contributed by atoms with Crippen LogP contribution in [-0.2, 0) is 10.0 Å². The van der Waals surface area contributed by atoms with Crippen molar-refractivity contribution < 1.29 is 13.2 Å². The lowest BCUT2D eigenvalue weighted by molar-refractivity contribution is 0.0698. The number of H-pyrrole nitrogens is 1. The molecule has 0 atom stereocenters. The first kappa shape index (κ1) is 27.7. The number of hydrogen-bond acceptors (Lipinski definition) is 5. The first-order chi connectivity index (χ1) is 17.8. The maximum atomic E-state index is 12.9. The predicted octanol–water partition coefficient (Wildman–Crippen LogP) is 4.69. The fraction of sp³-hybridized carbons (Fsp3) is 0.185. The summed E-state index contributed by atoms with van der Waals surface area (Å²) in [4.78, 5) is 21.6. The van der Waals surface area contributed by atoms with E-state index in [-0.39, 0.29) is 37.2 Å². The average molecular weight is 573 g/mol. The smallest absolute Gasteiger partial charge is 0.253 e. The lowest BCUT2D eigenvalue weighted by atomic mass is 10.1. The summed E-state index contributed by atoms with van der Waals surface area (Å²) in [6.07, 6.45) is 5.18. The molecule has 1 aromatic heterocycles. The summed E-state index contributed by atoms with van der Waals surface area (Å²) in [5.74, 6) is 0.110. The van der Waals surface area contributed by atoms with Crippen molar-refractivity contribution in [2.24, 2.45) is 0 Å². The third-order valence-corrected chi connectivity index (χ3v) is 8.39. The molecule has 3 aromatic carbocycles. The molecule has 1 fully saturated rings. The number of fused-ring (bicyclic) bond motifs is 1. The van der Waals surface area contributed by atoms with Gasteiger partial charge in [0.15, 0.2) is 5.95 Å². The molecule has 4 aromatic rings. The predicted molar refractivity (Wildman–Crippen MR) is 155 cm³/mol. The van der Waals surface area contributed by atoms with E-state index in [0.29, 0.717) is 35.3 Å². The van der Waals surface area contributed by atoms with Crippen LogP contribution < -0.4 is 5.73 Å². The van der Waals surface area contributed by atoms with Gasteiger partial charge in [-0.25, -0.2) is 13.4 Å². The van der Waals surface area contributed by atoms with Crippen molar-refractivity contribution in [3.63, 3.8) is 0 Å². The van der Waals surface area contributed by atoms with Crippen molar-refractivity contribution in [3.05, 3.63) is 89.1 Å². The molecule has 3 N–H and O–H groups in total. The SMILES string of the molecule is Cl.Nc1nc(-c2ccc(C(=O)N3CCN(S(=O)(=O)CC=Cc4ccc5cc(Cl)ccc5c4)CC3)cc2)c[nH]1. The van der Waals surface area contributed by atoms with Gasteiger partial charge in [0, 0.05) is 48.5 Å². The van der Waals surface area contributed by atoms with Crippen molar-refractivity contribution in [3.8, 4) is 11.3 Å². The van der Waals surface area contributed by atoms with Gasteiger partial charge >= 0.3 is 0 Å². The van der Waals surface area contributed by atoms with Crippen LogP contribution in [0.1, 0.15) is 15.9 Å². The number of carbonyl (C=O) groups is 1. The summed E-state index contributed by atoms with van der Waals surface area (Å²) >= 11 is 6.04. The highest BCUT2D eigenvalue weighted by Crippen LogP contribution is 2.22. The summed E-state index contributed by atoms with van der Waals surface area (Å²) in [7, 11) is -3.48. The third-order valence-electron chi connectivity index (χ3n) is 6.39. The van der Waals surface area contributed by atoms with Crippen molar-refractivity contribution in [2.75, 3.05) is 37.7 Å². The van der Waals surface area contributed by atoms with Crippen LogP contribution in [0.2, 0.25) is 5.02 Å². The summed E-state index contributed by atoms with van der Waals surface area (Å²) < 4.78 is 27.2. The van der Waals surface area contributed by atoms with Gasteiger partial charge in [0.2, 0.25) is 10.0 Å². The second-order valence-corrected chi connectivity index (χ2v) is 11.3. The normalized spacial score (nSPS) is 14.6. The van der Waals surface area contributed by atoms with E-state index in [1.54, 1.807) is 29.3 Å². The second-order valence-electron chi connectivity index (χ2n) is 8.87. The number of anilines is 1. The van der Waals surface area contributed by atoms with Crippen LogP contribution >= 0.6 is 24.0 Å². The van der Waals surface area contributed by atoms with E-state index in [4.69, 9.17) is 17.3 Å². The maximum absolute atomic E-state index is 12.9. The Morgan fingerprint density at radius 3 is 2.37 bits per heavy atom. The number of nitrogens with two attached hydrogens (primary N) is 1. The van der Waals surface area contributed by atoms with Crippen molar-refractivity contribution in [1.82, 2.24) is 19.2 Å². The largest absolute Gasteiger partial charge is 0.369 e. The number of sulfonamides is 1. The van der Waals surface area contributed by atoms with Crippen molar-refractivity contribution >= 4 is 62.7 Å². The molecule has 1 aliphatic rings. The molecule has 0 spiro atoms. The molecule has 1 saturated heterocycles. The number of halogens is 2. The van der Waals surface area contributed by atoms with Crippen molar-refractivity contribution in [2.45, 2.75) is 0 Å². The van der Waals surface area contributed by atoms with Gasteiger partial charge in [0.05, 0.1) is 11.4 Å². The Bertz CT molecular complexity index is 1580. The molecule has 0 unspecified atom stereocenters. The molecule has 8 nitrogen and oxygen atoms in total. The molecule has 2 heterocycles. The zero-order valence-electron chi connectivity index (χ0n) is 20.4. The van der Waals surface area contributed by atoms with Crippen LogP contribution in [0.4, 0.5) is 5.95 Å². The minimum absolute atomic E-state index is 0. The van der Waals surface area contributed by atoms with E-state index in [9.17, 15) is 13.2 Å². The third kappa shape index (κ3) is 6.19. The van der Waals surface area contributed by atoms with Crippen LogP contribution in [0.15, 0.2) is 72.9 Å². The molecule has 0 aliphatic carbocycles. The maximum Gasteiger partial charge on any atom is 0.253 e. The molecule has 0 bridgehead atoms. The van der Waals surface area contributed by atoms with E-state index >= 15 is 0 Å². The summed E-state index contributed by atoms with van der Waals surface area (Å²) in [5.41, 5.74) is 8.64. The number of amides is 1. The summed E-state index contributed by atoms with van der Waals surface area (Å²) in [6.45, 7) is 1.21. The molecular formula is C27H27Cl2N5O3S. The zero-order chi connectivity index (χ0) is 26.0. The number of piperazine rings is 1. The fourth-order valence-electron chi connectivity index (χ4n) is 4.37. The van der Waals surface area contributed by atoms with Gasteiger partial charge in [-0.15, -0.1) is 12.4 Å². The van der Waals surface area contributed by atoms with Crippen LogP contribution in [-0.4, -0.2) is 65.4 Å². The highest BCUT2D eigenvalue weighted by Gasteiger charge is 2.28. The van der Waals surface area contributed by atoms with Gasteiger partial charge in [-0.3, -0.25) is 4.79 Å². The molecule has 1 aliphatic heterocycles. The topological polar surface area (TPSA) is 112 Å². The highest BCUT2D eigenvalue weighted by molar-refractivity contribution is 7.89.